The number of carbonyl (C=O) groups excluding carboxylic acids is 2. The van der Waals surface area contributed by atoms with Crippen LogP contribution in [0.15, 0.2) is 81.7 Å². The Balaban J connectivity index is 1.64. The third-order valence-electron chi connectivity index (χ3n) is 6.03. The molecule has 0 fully saturated rings. The van der Waals surface area contributed by atoms with Gasteiger partial charge in [-0.3, -0.25) is 19.7 Å². The van der Waals surface area contributed by atoms with Gasteiger partial charge in [-0.2, -0.15) is 5.10 Å². The zero-order valence-electron chi connectivity index (χ0n) is 18.8. The summed E-state index contributed by atoms with van der Waals surface area (Å²) in [6.07, 6.45) is 4.61. The maximum atomic E-state index is 13.7. The van der Waals surface area contributed by atoms with Gasteiger partial charge in [0.15, 0.2) is 0 Å². The summed E-state index contributed by atoms with van der Waals surface area (Å²) >= 11 is 0. The maximum Gasteiger partial charge on any atom is 0.269 e. The number of nitrogens with zero attached hydrogens (tertiary/aromatic N) is 2. The number of sulfone groups is 1. The van der Waals surface area contributed by atoms with Crippen LogP contribution in [0.25, 0.3) is 10.9 Å². The second-order valence-electron chi connectivity index (χ2n) is 8.24. The molecular weight excluding hydrogens is 506 g/mol. The molecule has 1 aliphatic heterocycles. The number of hydrogen-bond donors (Lipinski definition) is 4. The smallest absolute Gasteiger partial charge is 0.269 e. The number of allylic oxidation sites excluding steroid dienone is 1. The molecule has 0 radical (unpaired) electrons. The summed E-state index contributed by atoms with van der Waals surface area (Å²) in [5.41, 5.74) is 4.63. The molecule has 0 saturated heterocycles. The summed E-state index contributed by atoms with van der Waals surface area (Å²) in [7, 11) is -4.36. The molecule has 0 spiro atoms. The molecule has 13 heteroatoms. The molecule has 5 N–H and O–H groups in total. The number of dihydropyridines is 1. The normalized spacial score (nSPS) is 19.2. The Labute approximate surface area is 208 Å². The van der Waals surface area contributed by atoms with E-state index in [1.54, 1.807) is 12.3 Å². The van der Waals surface area contributed by atoms with Gasteiger partial charge in [-0.05, 0) is 48.5 Å². The van der Waals surface area contributed by atoms with Crippen LogP contribution in [0, 0.1) is 11.6 Å². The number of benzene rings is 2. The van der Waals surface area contributed by atoms with Crippen molar-refractivity contribution >= 4 is 38.8 Å². The Morgan fingerprint density at radius 1 is 1.05 bits per heavy atom. The lowest BCUT2D eigenvalue weighted by atomic mass is 9.77. The molecule has 0 aliphatic carbocycles. The number of H-pyrrole nitrogens is 2. The number of hydrogen-bond acceptors (Lipinski definition) is 6. The van der Waals surface area contributed by atoms with Crippen molar-refractivity contribution in [1.29, 1.82) is 0 Å². The first-order valence-electron chi connectivity index (χ1n) is 10.8. The zero-order valence-corrected chi connectivity index (χ0v) is 19.6. The van der Waals surface area contributed by atoms with Crippen molar-refractivity contribution in [3.8, 4) is 0 Å². The van der Waals surface area contributed by atoms with E-state index in [0.717, 1.165) is 0 Å². The molecule has 2 atom stereocenters. The van der Waals surface area contributed by atoms with Gasteiger partial charge >= 0.3 is 0 Å². The van der Waals surface area contributed by atoms with Crippen LogP contribution in [0.2, 0.25) is 0 Å². The van der Waals surface area contributed by atoms with E-state index in [9.17, 15) is 26.8 Å². The topological polar surface area (TPSA) is 163 Å². The first-order valence-corrected chi connectivity index (χ1v) is 12.3. The van der Waals surface area contributed by atoms with Crippen LogP contribution in [0.5, 0.6) is 0 Å². The van der Waals surface area contributed by atoms with Gasteiger partial charge in [0.2, 0.25) is 15.7 Å². The number of aromatic nitrogens is 3. The standard InChI is InChI=1S/C24H18F2N6O4S/c25-13-9-14(26)11-16(10-13)37(35,36)15-4-5-18-17(12-15)20(32-31-18)24(22(27)34)6-2-8-29-23(24)30-21(33)19-3-1-7-28-19/h1-12,23,28H,(H2,27,34)(H,30,33)(H,31,32). The molecule has 2 unspecified atom stereocenters. The lowest BCUT2D eigenvalue weighted by molar-refractivity contribution is -0.122. The average Bonchev–Trinajstić information content (AvgIpc) is 3.54. The number of rotatable bonds is 6. The second-order valence-corrected chi connectivity index (χ2v) is 10.2. The van der Waals surface area contributed by atoms with Gasteiger partial charge in [-0.1, -0.05) is 6.08 Å². The highest BCUT2D eigenvalue weighted by Gasteiger charge is 2.48. The summed E-state index contributed by atoms with van der Waals surface area (Å²) in [6.45, 7) is 0. The Bertz CT molecular complexity index is 1690. The number of carbonyl (C=O) groups is 2. The van der Waals surface area contributed by atoms with Crippen LogP contribution in [0.1, 0.15) is 16.2 Å². The lowest BCUT2D eigenvalue weighted by Gasteiger charge is -2.34. The van der Waals surface area contributed by atoms with Crippen LogP contribution in [-0.2, 0) is 20.0 Å². The predicted molar refractivity (Wildman–Crippen MR) is 128 cm³/mol. The number of primary amides is 1. The van der Waals surface area contributed by atoms with Crippen molar-refractivity contribution in [2.45, 2.75) is 21.4 Å². The molecular formula is C24H18F2N6O4S. The minimum Gasteiger partial charge on any atom is -0.368 e. The van der Waals surface area contributed by atoms with Gasteiger partial charge in [0.05, 0.1) is 21.0 Å². The van der Waals surface area contributed by atoms with Gasteiger partial charge in [-0.15, -0.1) is 0 Å². The molecule has 37 heavy (non-hydrogen) atoms. The number of halogens is 2. The van der Waals surface area contributed by atoms with Gasteiger partial charge in [0, 0.05) is 23.9 Å². The molecule has 5 rings (SSSR count). The Morgan fingerprint density at radius 3 is 2.49 bits per heavy atom. The summed E-state index contributed by atoms with van der Waals surface area (Å²) in [6, 6.07) is 8.92. The molecule has 4 aromatic rings. The molecule has 188 valence electrons. The van der Waals surface area contributed by atoms with Crippen molar-refractivity contribution < 1.29 is 26.8 Å². The zero-order chi connectivity index (χ0) is 26.4. The largest absolute Gasteiger partial charge is 0.368 e. The molecule has 2 amide bonds. The molecule has 3 heterocycles. The first kappa shape index (κ1) is 24.1. The fourth-order valence-electron chi connectivity index (χ4n) is 4.22. The maximum absolute atomic E-state index is 13.7. The molecule has 2 aromatic carbocycles. The van der Waals surface area contributed by atoms with Crippen molar-refractivity contribution in [1.82, 2.24) is 20.5 Å². The van der Waals surface area contributed by atoms with Gasteiger partial charge < -0.3 is 16.0 Å². The number of aliphatic imine (C=N–C) groups is 1. The van der Waals surface area contributed by atoms with Crippen LogP contribution in [0.4, 0.5) is 8.78 Å². The van der Waals surface area contributed by atoms with E-state index in [-0.39, 0.29) is 27.2 Å². The van der Waals surface area contributed by atoms with E-state index in [1.165, 1.54) is 42.6 Å². The van der Waals surface area contributed by atoms with E-state index in [2.05, 4.69) is 25.5 Å². The van der Waals surface area contributed by atoms with E-state index >= 15 is 0 Å². The SMILES string of the molecule is NC(=O)C1(c2[nH]nc3ccc(S(=O)(=O)c4cc(F)cc(F)c4)cc23)C=CC=NC1NC(=O)c1ccc[nH]1. The van der Waals surface area contributed by atoms with Crippen molar-refractivity contribution in [2.75, 3.05) is 0 Å². The highest BCUT2D eigenvalue weighted by atomic mass is 32.2. The van der Waals surface area contributed by atoms with E-state index in [4.69, 9.17) is 5.73 Å². The van der Waals surface area contributed by atoms with E-state index < -0.39 is 49.8 Å². The fraction of sp³-hybridized carbons (Fsp3) is 0.0833. The number of fused-ring (bicyclic) bond motifs is 1. The number of aromatic amines is 2. The summed E-state index contributed by atoms with van der Waals surface area (Å²) in [5, 5.41) is 9.73. The average molecular weight is 525 g/mol. The number of nitrogens with two attached hydrogens (primary N) is 1. The number of amides is 2. The Kier molecular flexibility index (Phi) is 5.71. The second kappa shape index (κ2) is 8.78. The first-order chi connectivity index (χ1) is 17.6. The Morgan fingerprint density at radius 2 is 1.81 bits per heavy atom. The summed E-state index contributed by atoms with van der Waals surface area (Å²) in [5.74, 6) is -3.57. The van der Waals surface area contributed by atoms with Crippen molar-refractivity contribution in [2.24, 2.45) is 10.7 Å². The molecule has 10 nitrogen and oxygen atoms in total. The third-order valence-corrected chi connectivity index (χ3v) is 7.76. The Hall–Kier alpha value is -4.65. The number of nitrogens with one attached hydrogen (secondary N) is 3. The molecule has 1 aliphatic rings. The van der Waals surface area contributed by atoms with E-state index in [0.29, 0.717) is 18.2 Å². The van der Waals surface area contributed by atoms with Crippen LogP contribution in [-0.4, -0.2) is 47.8 Å². The lowest BCUT2D eigenvalue weighted by Crippen LogP contribution is -2.56. The minimum atomic E-state index is -4.36. The molecule has 0 bridgehead atoms. The van der Waals surface area contributed by atoms with E-state index in [1.807, 2.05) is 0 Å². The quantitative estimate of drug-likeness (QED) is 0.303. The van der Waals surface area contributed by atoms with Crippen molar-refractivity contribution in [3.63, 3.8) is 0 Å². The molecule has 0 saturated carbocycles. The minimum absolute atomic E-state index is 0.0716. The van der Waals surface area contributed by atoms with Crippen LogP contribution < -0.4 is 11.1 Å². The highest BCUT2D eigenvalue weighted by Crippen LogP contribution is 2.37. The van der Waals surface area contributed by atoms with Gasteiger partial charge in [-0.25, -0.2) is 17.2 Å². The van der Waals surface area contributed by atoms with Crippen molar-refractivity contribution in [3.05, 3.63) is 89.9 Å². The fourth-order valence-corrected chi connectivity index (χ4v) is 5.54. The monoisotopic (exact) mass is 524 g/mol. The summed E-state index contributed by atoms with van der Waals surface area (Å²) in [4.78, 5) is 31.8. The van der Waals surface area contributed by atoms with Crippen LogP contribution >= 0.6 is 0 Å². The molecule has 2 aromatic heterocycles. The van der Waals surface area contributed by atoms with Gasteiger partial charge in [0.1, 0.15) is 28.9 Å². The third kappa shape index (κ3) is 3.98. The van der Waals surface area contributed by atoms with Gasteiger partial charge in [0.25, 0.3) is 5.91 Å². The predicted octanol–water partition coefficient (Wildman–Crippen LogP) is 2.12. The summed E-state index contributed by atoms with van der Waals surface area (Å²) < 4.78 is 53.9. The highest BCUT2D eigenvalue weighted by molar-refractivity contribution is 7.91. The van der Waals surface area contributed by atoms with Crippen LogP contribution in [0.3, 0.4) is 0 Å².